The van der Waals surface area contributed by atoms with E-state index in [-0.39, 0.29) is 18.3 Å². The van der Waals surface area contributed by atoms with E-state index in [1.807, 2.05) is 17.5 Å². The van der Waals surface area contributed by atoms with E-state index in [1.165, 1.54) is 23.5 Å². The molecule has 2 aromatic rings. The molecule has 1 aliphatic heterocycles. The first kappa shape index (κ1) is 19.6. The Kier molecular flexibility index (Phi) is 5.36. The van der Waals surface area contributed by atoms with Crippen LogP contribution in [0.4, 0.5) is 9.18 Å². The molecule has 2 aliphatic rings. The zero-order chi connectivity index (χ0) is 20.4. The summed E-state index contributed by atoms with van der Waals surface area (Å²) in [5, 5.41) is 7.59. The van der Waals surface area contributed by atoms with Crippen LogP contribution in [0.15, 0.2) is 41.8 Å². The van der Waals surface area contributed by atoms with Crippen LogP contribution in [0.25, 0.3) is 0 Å². The van der Waals surface area contributed by atoms with Gasteiger partial charge < -0.3 is 10.6 Å². The second-order valence-corrected chi connectivity index (χ2v) is 8.51. The fraction of sp³-hybridized carbons (Fsp3) is 0.381. The maximum Gasteiger partial charge on any atom is 0.325 e. The maximum absolute atomic E-state index is 13.3. The Morgan fingerprint density at radius 3 is 2.55 bits per heavy atom. The number of urea groups is 1. The Bertz CT molecular complexity index is 908. The molecular weight excluding hydrogens is 393 g/mol. The van der Waals surface area contributed by atoms with Crippen molar-refractivity contribution in [2.45, 2.75) is 43.7 Å². The summed E-state index contributed by atoms with van der Waals surface area (Å²) >= 11 is 1.47. The van der Waals surface area contributed by atoms with Crippen LogP contribution in [0.2, 0.25) is 0 Å². The summed E-state index contributed by atoms with van der Waals surface area (Å²) in [6.07, 6.45) is 4.05. The Morgan fingerprint density at radius 2 is 1.90 bits per heavy atom. The lowest BCUT2D eigenvalue weighted by Crippen LogP contribution is -2.49. The van der Waals surface area contributed by atoms with Gasteiger partial charge in [0, 0.05) is 4.88 Å². The molecule has 2 fully saturated rings. The van der Waals surface area contributed by atoms with Gasteiger partial charge in [-0.15, -0.1) is 11.3 Å². The number of amides is 4. The fourth-order valence-corrected chi connectivity index (χ4v) is 4.90. The average Bonchev–Trinajstić information content (AvgIpc) is 3.32. The number of hydrogen-bond donors (Lipinski definition) is 2. The summed E-state index contributed by atoms with van der Waals surface area (Å²) in [6, 6.07) is 8.67. The van der Waals surface area contributed by atoms with Gasteiger partial charge in [0.25, 0.3) is 5.91 Å². The van der Waals surface area contributed by atoms with Gasteiger partial charge in [-0.3, -0.25) is 14.5 Å². The fourth-order valence-electron chi connectivity index (χ4n) is 4.09. The van der Waals surface area contributed by atoms with E-state index in [0.29, 0.717) is 12.8 Å². The molecule has 4 amide bonds. The molecular formula is C21H22FN3O3S. The molecule has 1 spiro atoms. The summed E-state index contributed by atoms with van der Waals surface area (Å²) in [6.45, 7) is -0.338. The van der Waals surface area contributed by atoms with Crippen LogP contribution in [0, 0.1) is 5.82 Å². The van der Waals surface area contributed by atoms with Gasteiger partial charge in [0.05, 0.1) is 6.04 Å². The third kappa shape index (κ3) is 3.89. The standard InChI is InChI=1S/C21H22FN3O3S/c22-15-8-6-14(7-9-15)18(16-5-4-12-29-16)23-17(26)13-25-19(27)21(24-20(25)28)10-2-1-3-11-21/h4-9,12,18H,1-3,10-11,13H2,(H,23,26)(H,24,28)/t18-/m1/s1. The van der Waals surface area contributed by atoms with Crippen molar-refractivity contribution in [3.05, 3.63) is 58.0 Å². The van der Waals surface area contributed by atoms with Gasteiger partial charge in [0.15, 0.2) is 0 Å². The minimum Gasteiger partial charge on any atom is -0.343 e. The van der Waals surface area contributed by atoms with Crippen LogP contribution in [0.5, 0.6) is 0 Å². The van der Waals surface area contributed by atoms with Crippen LogP contribution in [0.1, 0.15) is 48.6 Å². The number of nitrogens with zero attached hydrogens (tertiary/aromatic N) is 1. The molecule has 1 saturated carbocycles. The third-order valence-electron chi connectivity index (χ3n) is 5.59. The highest BCUT2D eigenvalue weighted by Crippen LogP contribution is 2.33. The van der Waals surface area contributed by atoms with Crippen molar-refractivity contribution >= 4 is 29.2 Å². The molecule has 1 atom stereocenters. The molecule has 1 aromatic heterocycles. The molecule has 152 valence electrons. The molecule has 2 heterocycles. The largest absolute Gasteiger partial charge is 0.343 e. The van der Waals surface area contributed by atoms with Crippen molar-refractivity contribution in [2.24, 2.45) is 0 Å². The number of carbonyl (C=O) groups is 3. The highest BCUT2D eigenvalue weighted by atomic mass is 32.1. The smallest absolute Gasteiger partial charge is 0.325 e. The summed E-state index contributed by atoms with van der Waals surface area (Å²) in [5.74, 6) is -1.11. The summed E-state index contributed by atoms with van der Waals surface area (Å²) in [4.78, 5) is 39.9. The number of benzene rings is 1. The topological polar surface area (TPSA) is 78.5 Å². The predicted octanol–water partition coefficient (Wildman–Crippen LogP) is 3.35. The molecule has 0 unspecified atom stereocenters. The van der Waals surface area contributed by atoms with E-state index in [2.05, 4.69) is 10.6 Å². The molecule has 6 nitrogen and oxygen atoms in total. The van der Waals surface area contributed by atoms with Gasteiger partial charge in [-0.05, 0) is 42.0 Å². The monoisotopic (exact) mass is 415 g/mol. The minimum absolute atomic E-state index is 0.313. The van der Waals surface area contributed by atoms with Crippen molar-refractivity contribution < 1.29 is 18.8 Å². The van der Waals surface area contributed by atoms with Crippen LogP contribution < -0.4 is 10.6 Å². The number of rotatable bonds is 5. The lowest BCUT2D eigenvalue weighted by Gasteiger charge is -2.30. The third-order valence-corrected chi connectivity index (χ3v) is 6.53. The maximum atomic E-state index is 13.3. The number of nitrogens with one attached hydrogen (secondary N) is 2. The highest BCUT2D eigenvalue weighted by molar-refractivity contribution is 7.10. The first-order valence-corrected chi connectivity index (χ1v) is 10.6. The molecule has 1 saturated heterocycles. The lowest BCUT2D eigenvalue weighted by atomic mass is 9.82. The first-order chi connectivity index (χ1) is 14.0. The van der Waals surface area contributed by atoms with Crippen LogP contribution in [-0.2, 0) is 9.59 Å². The molecule has 8 heteroatoms. The van der Waals surface area contributed by atoms with Crippen LogP contribution >= 0.6 is 11.3 Å². The molecule has 29 heavy (non-hydrogen) atoms. The van der Waals surface area contributed by atoms with E-state index in [0.717, 1.165) is 34.6 Å². The summed E-state index contributed by atoms with van der Waals surface area (Å²) in [7, 11) is 0. The molecule has 4 rings (SSSR count). The predicted molar refractivity (Wildman–Crippen MR) is 107 cm³/mol. The normalized spacial score (nSPS) is 19.3. The van der Waals surface area contributed by atoms with Crippen molar-refractivity contribution in [1.82, 2.24) is 15.5 Å². The molecule has 0 radical (unpaired) electrons. The summed E-state index contributed by atoms with van der Waals surface area (Å²) < 4.78 is 13.3. The SMILES string of the molecule is O=C(CN1C(=O)NC2(CCCCC2)C1=O)N[C@H](c1ccc(F)cc1)c1cccs1. The number of thiophene rings is 1. The van der Waals surface area contributed by atoms with Gasteiger partial charge in [-0.1, -0.05) is 37.5 Å². The Balaban J connectivity index is 1.49. The van der Waals surface area contributed by atoms with E-state index in [9.17, 15) is 18.8 Å². The van der Waals surface area contributed by atoms with Crippen molar-refractivity contribution in [3.63, 3.8) is 0 Å². The minimum atomic E-state index is -0.847. The Labute approximate surface area is 172 Å². The van der Waals surface area contributed by atoms with Crippen molar-refractivity contribution in [1.29, 1.82) is 0 Å². The quantitative estimate of drug-likeness (QED) is 0.735. The van der Waals surface area contributed by atoms with Gasteiger partial charge in [-0.25, -0.2) is 9.18 Å². The van der Waals surface area contributed by atoms with Gasteiger partial charge in [-0.2, -0.15) is 0 Å². The van der Waals surface area contributed by atoms with Gasteiger partial charge in [0.2, 0.25) is 5.91 Å². The zero-order valence-corrected chi connectivity index (χ0v) is 16.6. The Hall–Kier alpha value is -2.74. The summed E-state index contributed by atoms with van der Waals surface area (Å²) in [5.41, 5.74) is -0.122. The van der Waals surface area contributed by atoms with Crippen molar-refractivity contribution in [3.8, 4) is 0 Å². The molecule has 0 bridgehead atoms. The van der Waals surface area contributed by atoms with E-state index >= 15 is 0 Å². The van der Waals surface area contributed by atoms with E-state index in [4.69, 9.17) is 0 Å². The number of hydrogen-bond acceptors (Lipinski definition) is 4. The second-order valence-electron chi connectivity index (χ2n) is 7.53. The first-order valence-electron chi connectivity index (χ1n) is 9.71. The molecule has 2 N–H and O–H groups in total. The van der Waals surface area contributed by atoms with E-state index in [1.54, 1.807) is 12.1 Å². The Morgan fingerprint density at radius 1 is 1.17 bits per heavy atom. The van der Waals surface area contributed by atoms with E-state index < -0.39 is 23.5 Å². The molecule has 1 aliphatic carbocycles. The number of imide groups is 1. The second kappa shape index (κ2) is 7.94. The number of carbonyl (C=O) groups excluding carboxylic acids is 3. The van der Waals surface area contributed by atoms with Gasteiger partial charge in [0.1, 0.15) is 17.9 Å². The average molecular weight is 415 g/mol. The highest BCUT2D eigenvalue weighted by Gasteiger charge is 2.51. The van der Waals surface area contributed by atoms with Crippen LogP contribution in [-0.4, -0.2) is 34.8 Å². The lowest BCUT2D eigenvalue weighted by molar-refractivity contribution is -0.136. The van der Waals surface area contributed by atoms with Crippen molar-refractivity contribution in [2.75, 3.05) is 6.54 Å². The zero-order valence-electron chi connectivity index (χ0n) is 15.8. The molecule has 1 aromatic carbocycles. The van der Waals surface area contributed by atoms with Crippen LogP contribution in [0.3, 0.4) is 0 Å². The van der Waals surface area contributed by atoms with Gasteiger partial charge >= 0.3 is 6.03 Å². The number of halogens is 1.